The maximum absolute atomic E-state index is 12.0. The number of carbonyl (C=O) groups is 1. The quantitative estimate of drug-likeness (QED) is 0.764. The van der Waals surface area contributed by atoms with Gasteiger partial charge in [0.2, 0.25) is 5.91 Å². The summed E-state index contributed by atoms with van der Waals surface area (Å²) in [7, 11) is 1.65. The van der Waals surface area contributed by atoms with Crippen molar-refractivity contribution in [2.45, 2.75) is 13.3 Å². The number of methoxy groups -OCH3 is 1. The predicted molar refractivity (Wildman–Crippen MR) is 94.4 cm³/mol. The summed E-state index contributed by atoms with van der Waals surface area (Å²) >= 11 is 6.04. The van der Waals surface area contributed by atoms with E-state index in [4.69, 9.17) is 16.3 Å². The number of halogens is 1. The maximum atomic E-state index is 12.0. The average Bonchev–Trinajstić information content (AvgIpc) is 2.56. The smallest absolute Gasteiger partial charge is 0.238 e. The summed E-state index contributed by atoms with van der Waals surface area (Å²) in [6.45, 7) is 2.86. The van der Waals surface area contributed by atoms with Crippen molar-refractivity contribution in [3.8, 4) is 5.75 Å². The summed E-state index contributed by atoms with van der Waals surface area (Å²) < 4.78 is 5.19. The Bertz CT molecular complexity index is 674. The molecule has 0 aliphatic rings. The third-order valence-corrected chi connectivity index (χ3v) is 3.96. The van der Waals surface area contributed by atoms with Gasteiger partial charge in [-0.1, -0.05) is 29.8 Å². The van der Waals surface area contributed by atoms with Crippen LogP contribution in [0.2, 0.25) is 5.02 Å². The molecule has 0 atom stereocenters. The number of rotatable bonds is 7. The monoisotopic (exact) mass is 332 g/mol. The topological polar surface area (TPSA) is 50.4 Å². The fraction of sp³-hybridized carbons (Fsp3) is 0.278. The second-order valence-corrected chi connectivity index (χ2v) is 5.65. The normalized spacial score (nSPS) is 10.4. The molecule has 122 valence electrons. The first-order chi connectivity index (χ1) is 11.1. The molecular weight excluding hydrogens is 312 g/mol. The van der Waals surface area contributed by atoms with Crippen molar-refractivity contribution >= 4 is 23.2 Å². The van der Waals surface area contributed by atoms with Crippen LogP contribution in [0.15, 0.2) is 42.5 Å². The molecule has 4 nitrogen and oxygen atoms in total. The molecule has 0 aliphatic carbocycles. The SMILES string of the molecule is COc1cccc(CCNCC(=O)Nc2cccc(Cl)c2C)c1. The minimum Gasteiger partial charge on any atom is -0.497 e. The van der Waals surface area contributed by atoms with E-state index < -0.39 is 0 Å². The summed E-state index contributed by atoms with van der Waals surface area (Å²) in [6, 6.07) is 13.4. The molecule has 2 aromatic carbocycles. The third kappa shape index (κ3) is 5.27. The zero-order chi connectivity index (χ0) is 16.7. The Hall–Kier alpha value is -2.04. The number of nitrogens with one attached hydrogen (secondary N) is 2. The minimum absolute atomic E-state index is 0.0824. The summed E-state index contributed by atoms with van der Waals surface area (Å²) in [5.41, 5.74) is 2.79. The van der Waals surface area contributed by atoms with Gasteiger partial charge in [0.05, 0.1) is 13.7 Å². The van der Waals surface area contributed by atoms with Gasteiger partial charge in [0.25, 0.3) is 0 Å². The highest BCUT2D eigenvalue weighted by Crippen LogP contribution is 2.22. The number of ether oxygens (including phenoxy) is 1. The highest BCUT2D eigenvalue weighted by Gasteiger charge is 2.06. The summed E-state index contributed by atoms with van der Waals surface area (Å²) in [6.07, 6.45) is 0.834. The number of amides is 1. The average molecular weight is 333 g/mol. The molecule has 2 N–H and O–H groups in total. The number of hydrogen-bond acceptors (Lipinski definition) is 3. The minimum atomic E-state index is -0.0824. The Morgan fingerprint density at radius 1 is 1.22 bits per heavy atom. The first kappa shape index (κ1) is 17.3. The van der Waals surface area contributed by atoms with Crippen LogP contribution >= 0.6 is 11.6 Å². The van der Waals surface area contributed by atoms with Crippen LogP contribution < -0.4 is 15.4 Å². The van der Waals surface area contributed by atoms with Crippen LogP contribution in [0.5, 0.6) is 5.75 Å². The zero-order valence-electron chi connectivity index (χ0n) is 13.4. The predicted octanol–water partition coefficient (Wildman–Crippen LogP) is 3.43. The van der Waals surface area contributed by atoms with Crippen molar-refractivity contribution in [3.05, 3.63) is 58.6 Å². The molecule has 2 aromatic rings. The molecule has 0 aromatic heterocycles. The van der Waals surface area contributed by atoms with Crippen LogP contribution in [0.4, 0.5) is 5.69 Å². The van der Waals surface area contributed by atoms with Crippen molar-refractivity contribution in [1.82, 2.24) is 5.32 Å². The van der Waals surface area contributed by atoms with Crippen molar-refractivity contribution in [2.75, 3.05) is 25.5 Å². The highest BCUT2D eigenvalue weighted by atomic mass is 35.5. The molecule has 0 spiro atoms. The van der Waals surface area contributed by atoms with E-state index in [1.54, 1.807) is 13.2 Å². The maximum Gasteiger partial charge on any atom is 0.238 e. The largest absolute Gasteiger partial charge is 0.497 e. The van der Waals surface area contributed by atoms with E-state index in [-0.39, 0.29) is 12.5 Å². The van der Waals surface area contributed by atoms with Gasteiger partial charge in [-0.05, 0) is 55.3 Å². The van der Waals surface area contributed by atoms with Gasteiger partial charge in [-0.25, -0.2) is 0 Å². The Balaban J connectivity index is 1.75. The molecule has 0 saturated heterocycles. The summed E-state index contributed by atoms with van der Waals surface area (Å²) in [4.78, 5) is 12.0. The zero-order valence-corrected chi connectivity index (χ0v) is 14.1. The van der Waals surface area contributed by atoms with Crippen LogP contribution in [-0.2, 0) is 11.2 Å². The summed E-state index contributed by atoms with van der Waals surface area (Å²) in [5, 5.41) is 6.65. The highest BCUT2D eigenvalue weighted by molar-refractivity contribution is 6.31. The lowest BCUT2D eigenvalue weighted by molar-refractivity contribution is -0.115. The molecule has 23 heavy (non-hydrogen) atoms. The van der Waals surface area contributed by atoms with E-state index >= 15 is 0 Å². The van der Waals surface area contributed by atoms with Gasteiger partial charge in [0.1, 0.15) is 5.75 Å². The second-order valence-electron chi connectivity index (χ2n) is 5.24. The molecule has 0 aliphatic heterocycles. The van der Waals surface area contributed by atoms with Crippen LogP contribution in [0, 0.1) is 6.92 Å². The standard InChI is InChI=1S/C18H21ClN2O2/c1-13-16(19)7-4-8-17(13)21-18(22)12-20-10-9-14-5-3-6-15(11-14)23-2/h3-8,11,20H,9-10,12H2,1-2H3,(H,21,22). The molecule has 0 bridgehead atoms. The first-order valence-corrected chi connectivity index (χ1v) is 7.86. The van der Waals surface area contributed by atoms with Crippen LogP contribution in [0.3, 0.4) is 0 Å². The van der Waals surface area contributed by atoms with E-state index in [2.05, 4.69) is 10.6 Å². The molecule has 1 amide bonds. The van der Waals surface area contributed by atoms with Gasteiger partial charge in [0.15, 0.2) is 0 Å². The lowest BCUT2D eigenvalue weighted by atomic mass is 10.1. The Morgan fingerprint density at radius 3 is 2.78 bits per heavy atom. The van der Waals surface area contributed by atoms with Gasteiger partial charge in [-0.15, -0.1) is 0 Å². The van der Waals surface area contributed by atoms with Crippen molar-refractivity contribution in [3.63, 3.8) is 0 Å². The lowest BCUT2D eigenvalue weighted by Crippen LogP contribution is -2.29. The number of anilines is 1. The molecule has 2 rings (SSSR count). The van der Waals surface area contributed by atoms with Gasteiger partial charge >= 0.3 is 0 Å². The van der Waals surface area contributed by atoms with Gasteiger partial charge in [-0.3, -0.25) is 4.79 Å². The third-order valence-electron chi connectivity index (χ3n) is 3.55. The van der Waals surface area contributed by atoms with Crippen molar-refractivity contribution in [1.29, 1.82) is 0 Å². The molecule has 0 unspecified atom stereocenters. The van der Waals surface area contributed by atoms with Crippen LogP contribution in [0.25, 0.3) is 0 Å². The Labute approximate surface area is 141 Å². The number of hydrogen-bond donors (Lipinski definition) is 2. The van der Waals surface area contributed by atoms with Crippen LogP contribution in [-0.4, -0.2) is 26.1 Å². The fourth-order valence-corrected chi connectivity index (χ4v) is 2.37. The van der Waals surface area contributed by atoms with E-state index in [1.807, 2.05) is 43.3 Å². The molecule has 0 fully saturated rings. The van der Waals surface area contributed by atoms with E-state index in [9.17, 15) is 4.79 Å². The number of carbonyl (C=O) groups excluding carboxylic acids is 1. The molecule has 0 saturated carbocycles. The fourth-order valence-electron chi connectivity index (χ4n) is 2.20. The van der Waals surface area contributed by atoms with Crippen LogP contribution in [0.1, 0.15) is 11.1 Å². The second kappa shape index (κ2) is 8.56. The Kier molecular flexibility index (Phi) is 6.44. The van der Waals surface area contributed by atoms with E-state index in [0.29, 0.717) is 5.02 Å². The number of benzene rings is 2. The summed E-state index contributed by atoms with van der Waals surface area (Å²) in [5.74, 6) is 0.762. The molecular formula is C18H21ClN2O2. The Morgan fingerprint density at radius 2 is 2.00 bits per heavy atom. The molecule has 5 heteroatoms. The molecule has 0 radical (unpaired) electrons. The van der Waals surface area contributed by atoms with Gasteiger partial charge < -0.3 is 15.4 Å². The van der Waals surface area contributed by atoms with Gasteiger partial charge in [0, 0.05) is 10.7 Å². The molecule has 0 heterocycles. The van der Waals surface area contributed by atoms with Crippen molar-refractivity contribution in [2.24, 2.45) is 0 Å². The first-order valence-electron chi connectivity index (χ1n) is 7.49. The van der Waals surface area contributed by atoms with Gasteiger partial charge in [-0.2, -0.15) is 0 Å². The van der Waals surface area contributed by atoms with E-state index in [0.717, 1.165) is 30.0 Å². The van der Waals surface area contributed by atoms with E-state index in [1.165, 1.54) is 5.56 Å². The lowest BCUT2D eigenvalue weighted by Gasteiger charge is -2.10. The van der Waals surface area contributed by atoms with Crippen molar-refractivity contribution < 1.29 is 9.53 Å².